The molecule has 2 heterocycles. The van der Waals surface area contributed by atoms with E-state index in [-0.39, 0.29) is 11.9 Å². The smallest absolute Gasteiger partial charge is 0.254 e. The molecular formula is C16H22N2O. The molecule has 2 aliphatic heterocycles. The van der Waals surface area contributed by atoms with Gasteiger partial charge in [-0.3, -0.25) is 4.79 Å². The maximum Gasteiger partial charge on any atom is 0.254 e. The Morgan fingerprint density at radius 1 is 1.26 bits per heavy atom. The minimum Gasteiger partial charge on any atom is -0.333 e. The highest BCUT2D eigenvalue weighted by Crippen LogP contribution is 2.36. The van der Waals surface area contributed by atoms with Gasteiger partial charge < -0.3 is 10.6 Å². The fraction of sp³-hybridized carbons (Fsp3) is 0.562. The number of carbonyl (C=O) groups is 1. The summed E-state index contributed by atoms with van der Waals surface area (Å²) in [6.45, 7) is 2.10. The van der Waals surface area contributed by atoms with E-state index in [2.05, 4.69) is 17.9 Å². The van der Waals surface area contributed by atoms with Crippen molar-refractivity contribution >= 4 is 5.91 Å². The van der Waals surface area contributed by atoms with Gasteiger partial charge in [-0.15, -0.1) is 0 Å². The summed E-state index contributed by atoms with van der Waals surface area (Å²) in [6.07, 6.45) is 5.09. The number of aryl methyl sites for hydroxylation is 1. The molecule has 0 aliphatic carbocycles. The molecule has 0 aromatic heterocycles. The summed E-state index contributed by atoms with van der Waals surface area (Å²) >= 11 is 0. The molecule has 2 saturated heterocycles. The lowest BCUT2D eigenvalue weighted by atomic mass is 9.96. The van der Waals surface area contributed by atoms with Crippen LogP contribution < -0.4 is 5.73 Å². The summed E-state index contributed by atoms with van der Waals surface area (Å²) in [5.74, 6) is 0.219. The fourth-order valence-electron chi connectivity index (χ4n) is 3.73. The van der Waals surface area contributed by atoms with Crippen molar-refractivity contribution in [2.24, 2.45) is 5.73 Å². The summed E-state index contributed by atoms with van der Waals surface area (Å²) in [4.78, 5) is 15.0. The third kappa shape index (κ3) is 2.16. The number of nitrogens with two attached hydrogens (primary N) is 1. The van der Waals surface area contributed by atoms with Gasteiger partial charge >= 0.3 is 0 Å². The SMILES string of the molecule is CCc1ccccc1C(=O)N1C2CCC1CC(N)C2. The van der Waals surface area contributed by atoms with Crippen LogP contribution >= 0.6 is 0 Å². The zero-order valence-electron chi connectivity index (χ0n) is 11.5. The maximum absolute atomic E-state index is 12.8. The fourth-order valence-corrected chi connectivity index (χ4v) is 3.73. The molecule has 0 radical (unpaired) electrons. The summed E-state index contributed by atoms with van der Waals surface area (Å²) in [7, 11) is 0. The largest absolute Gasteiger partial charge is 0.333 e. The lowest BCUT2D eigenvalue weighted by Gasteiger charge is -2.38. The van der Waals surface area contributed by atoms with E-state index in [0.717, 1.165) is 43.2 Å². The van der Waals surface area contributed by atoms with Crippen molar-refractivity contribution in [1.82, 2.24) is 4.90 Å². The molecule has 2 aliphatic rings. The first-order valence-electron chi connectivity index (χ1n) is 7.36. The van der Waals surface area contributed by atoms with Crippen LogP contribution in [0, 0.1) is 0 Å². The van der Waals surface area contributed by atoms with Gasteiger partial charge in [0.1, 0.15) is 0 Å². The normalized spacial score (nSPS) is 29.6. The van der Waals surface area contributed by atoms with Crippen molar-refractivity contribution in [2.75, 3.05) is 0 Å². The number of benzene rings is 1. The molecule has 2 N–H and O–H groups in total. The van der Waals surface area contributed by atoms with Crippen LogP contribution in [0.5, 0.6) is 0 Å². The Hall–Kier alpha value is -1.35. The number of nitrogens with zero attached hydrogens (tertiary/aromatic N) is 1. The van der Waals surface area contributed by atoms with Gasteiger partial charge in [0.05, 0.1) is 0 Å². The monoisotopic (exact) mass is 258 g/mol. The molecule has 2 fully saturated rings. The minimum absolute atomic E-state index is 0.219. The maximum atomic E-state index is 12.8. The number of piperidine rings is 1. The lowest BCUT2D eigenvalue weighted by molar-refractivity contribution is 0.0574. The Morgan fingerprint density at radius 2 is 1.89 bits per heavy atom. The third-order valence-corrected chi connectivity index (χ3v) is 4.63. The van der Waals surface area contributed by atoms with Gasteiger partial charge in [0.25, 0.3) is 5.91 Å². The second kappa shape index (κ2) is 4.97. The molecule has 19 heavy (non-hydrogen) atoms. The highest BCUT2D eigenvalue weighted by Gasteiger charge is 2.42. The highest BCUT2D eigenvalue weighted by atomic mass is 16.2. The van der Waals surface area contributed by atoms with Crippen LogP contribution in [0.2, 0.25) is 0 Å². The van der Waals surface area contributed by atoms with Crippen molar-refractivity contribution in [3.05, 3.63) is 35.4 Å². The first kappa shape index (κ1) is 12.7. The molecule has 3 heteroatoms. The quantitative estimate of drug-likeness (QED) is 0.885. The zero-order chi connectivity index (χ0) is 13.4. The van der Waals surface area contributed by atoms with E-state index >= 15 is 0 Å². The van der Waals surface area contributed by atoms with E-state index in [9.17, 15) is 4.79 Å². The van der Waals surface area contributed by atoms with Crippen molar-refractivity contribution in [1.29, 1.82) is 0 Å². The molecule has 0 saturated carbocycles. The van der Waals surface area contributed by atoms with E-state index < -0.39 is 0 Å². The molecule has 3 nitrogen and oxygen atoms in total. The Labute approximate surface area is 114 Å². The number of amides is 1. The first-order chi connectivity index (χ1) is 9.20. The van der Waals surface area contributed by atoms with Crippen molar-refractivity contribution < 1.29 is 4.79 Å². The van der Waals surface area contributed by atoms with Crippen molar-refractivity contribution in [3.63, 3.8) is 0 Å². The Balaban J connectivity index is 1.89. The average molecular weight is 258 g/mol. The van der Waals surface area contributed by atoms with E-state index in [4.69, 9.17) is 5.73 Å². The standard InChI is InChI=1S/C16H22N2O/c1-2-11-5-3-4-6-15(11)16(19)18-13-7-8-14(18)10-12(17)9-13/h3-6,12-14H,2,7-10,17H2,1H3. The number of hydrogen-bond acceptors (Lipinski definition) is 2. The molecule has 1 aromatic carbocycles. The topological polar surface area (TPSA) is 46.3 Å². The van der Waals surface area contributed by atoms with Crippen molar-refractivity contribution in [2.45, 2.75) is 57.2 Å². The zero-order valence-corrected chi connectivity index (χ0v) is 11.5. The summed E-state index contributed by atoms with van der Waals surface area (Å²) < 4.78 is 0. The summed E-state index contributed by atoms with van der Waals surface area (Å²) in [5, 5.41) is 0. The molecule has 2 atom stereocenters. The number of carbonyl (C=O) groups excluding carboxylic acids is 1. The molecule has 2 bridgehead atoms. The molecule has 2 unspecified atom stereocenters. The van der Waals surface area contributed by atoms with Crippen molar-refractivity contribution in [3.8, 4) is 0 Å². The van der Waals surface area contributed by atoms with Gasteiger partial charge in [0.15, 0.2) is 0 Å². The van der Waals surface area contributed by atoms with Crippen LogP contribution in [0.25, 0.3) is 0 Å². The van der Waals surface area contributed by atoms with E-state index in [1.54, 1.807) is 0 Å². The molecule has 3 rings (SSSR count). The average Bonchev–Trinajstić information content (AvgIpc) is 2.70. The predicted molar refractivity (Wildman–Crippen MR) is 76.0 cm³/mol. The van der Waals surface area contributed by atoms with E-state index in [0.29, 0.717) is 12.1 Å². The van der Waals surface area contributed by atoms with E-state index in [1.807, 2.05) is 18.2 Å². The minimum atomic E-state index is 0.219. The molecule has 1 amide bonds. The summed E-state index contributed by atoms with van der Waals surface area (Å²) in [6, 6.07) is 9.01. The van der Waals surface area contributed by atoms with Gasteiger partial charge in [-0.1, -0.05) is 25.1 Å². The number of hydrogen-bond donors (Lipinski definition) is 1. The highest BCUT2D eigenvalue weighted by molar-refractivity contribution is 5.96. The number of fused-ring (bicyclic) bond motifs is 2. The van der Waals surface area contributed by atoms with E-state index in [1.165, 1.54) is 0 Å². The number of rotatable bonds is 2. The first-order valence-corrected chi connectivity index (χ1v) is 7.36. The molecule has 0 spiro atoms. The molecule has 1 aromatic rings. The Bertz CT molecular complexity index is 471. The Morgan fingerprint density at radius 3 is 2.53 bits per heavy atom. The van der Waals surface area contributed by atoms with Gasteiger partial charge in [-0.05, 0) is 43.7 Å². The van der Waals surface area contributed by atoms with Crippen LogP contribution in [-0.4, -0.2) is 28.9 Å². The Kier molecular flexibility index (Phi) is 3.31. The van der Waals surface area contributed by atoms with Crippen LogP contribution in [0.4, 0.5) is 0 Å². The van der Waals surface area contributed by atoms with Crippen LogP contribution in [-0.2, 0) is 6.42 Å². The van der Waals surface area contributed by atoms with Gasteiger partial charge in [-0.25, -0.2) is 0 Å². The second-order valence-corrected chi connectivity index (χ2v) is 5.84. The lowest BCUT2D eigenvalue weighted by Crippen LogP contribution is -2.50. The second-order valence-electron chi connectivity index (χ2n) is 5.84. The predicted octanol–water partition coefficient (Wildman–Crippen LogP) is 2.34. The van der Waals surface area contributed by atoms with Gasteiger partial charge in [0.2, 0.25) is 0 Å². The van der Waals surface area contributed by atoms with Crippen LogP contribution in [0.15, 0.2) is 24.3 Å². The summed E-state index contributed by atoms with van der Waals surface area (Å²) in [5.41, 5.74) is 8.12. The third-order valence-electron chi connectivity index (χ3n) is 4.63. The van der Waals surface area contributed by atoms with Gasteiger partial charge in [0, 0.05) is 23.7 Å². The van der Waals surface area contributed by atoms with Gasteiger partial charge in [-0.2, -0.15) is 0 Å². The molecule has 102 valence electrons. The van der Waals surface area contributed by atoms with Crippen LogP contribution in [0.3, 0.4) is 0 Å². The van der Waals surface area contributed by atoms with Crippen LogP contribution in [0.1, 0.15) is 48.5 Å². The molecular weight excluding hydrogens is 236 g/mol.